The van der Waals surface area contributed by atoms with Crippen LogP contribution in [0.25, 0.3) is 27.6 Å². The van der Waals surface area contributed by atoms with Gasteiger partial charge in [-0.25, -0.2) is 0 Å². The van der Waals surface area contributed by atoms with Crippen molar-refractivity contribution in [1.29, 1.82) is 0 Å². The number of para-hydroxylation sites is 1. The van der Waals surface area contributed by atoms with E-state index in [4.69, 9.17) is 5.41 Å². The summed E-state index contributed by atoms with van der Waals surface area (Å²) in [7, 11) is 0. The molecule has 1 heterocycles. The van der Waals surface area contributed by atoms with E-state index in [2.05, 4.69) is 29.3 Å². The van der Waals surface area contributed by atoms with Gasteiger partial charge >= 0.3 is 20.1 Å². The average molecular weight is 556 g/mol. The molecule has 0 N–H and O–H groups in total. The number of aromatic nitrogens is 1. The quantitative estimate of drug-likeness (QED) is 0.233. The first kappa shape index (κ1) is 33.5. The van der Waals surface area contributed by atoms with Crippen LogP contribution in [0.2, 0.25) is 0 Å². The largest absolute Gasteiger partial charge is 3.00 e. The molecule has 3 rings (SSSR count). The van der Waals surface area contributed by atoms with Crippen molar-refractivity contribution in [3.05, 3.63) is 84.3 Å². The van der Waals surface area contributed by atoms with Gasteiger partial charge in [0, 0.05) is 0 Å². The van der Waals surface area contributed by atoms with Crippen molar-refractivity contribution in [2.45, 2.75) is 49.5 Å². The summed E-state index contributed by atoms with van der Waals surface area (Å²) in [5.41, 5.74) is 3.03. The van der Waals surface area contributed by atoms with E-state index in [0.29, 0.717) is 0 Å². The van der Waals surface area contributed by atoms with Gasteiger partial charge in [-0.2, -0.15) is 0 Å². The molecule has 1 aromatic heterocycles. The summed E-state index contributed by atoms with van der Waals surface area (Å²) < 4.78 is 0. The summed E-state index contributed by atoms with van der Waals surface area (Å²) in [4.78, 5) is 4.61. The maximum atomic E-state index is 7.82. The smallest absolute Gasteiger partial charge is 0.911 e. The molecule has 28 heavy (non-hydrogen) atoms. The molecule has 2 nitrogen and oxygen atoms in total. The predicted octanol–water partition coefficient (Wildman–Crippen LogP) is 8.03. The van der Waals surface area contributed by atoms with Crippen molar-refractivity contribution in [2.75, 3.05) is 0 Å². The minimum Gasteiger partial charge on any atom is -0.911 e. The van der Waals surface area contributed by atoms with E-state index >= 15 is 0 Å². The Hall–Kier alpha value is -2.09. The van der Waals surface area contributed by atoms with E-state index in [1.165, 1.54) is 11.5 Å². The molecular weight excluding hydrogens is 521 g/mol. The Morgan fingerprint density at radius 1 is 0.893 bits per heavy atom. The van der Waals surface area contributed by atoms with E-state index < -0.39 is 0 Å². The Balaban J connectivity index is -0.000000210. The molecule has 0 aliphatic carbocycles. The number of benzene rings is 2. The predicted molar refractivity (Wildman–Crippen MR) is 125 cm³/mol. The maximum absolute atomic E-state index is 7.82. The number of hydrogen-bond donors (Lipinski definition) is 0. The zero-order chi connectivity index (χ0) is 18.9. The van der Waals surface area contributed by atoms with Crippen molar-refractivity contribution in [1.82, 2.24) is 4.98 Å². The van der Waals surface area contributed by atoms with Gasteiger partial charge in [-0.1, -0.05) is 72.9 Å². The number of fused-ring (bicyclic) bond motifs is 1. The van der Waals surface area contributed by atoms with Crippen LogP contribution in [0.3, 0.4) is 0 Å². The average Bonchev–Trinajstić information content (AvgIpc) is 2.72. The Labute approximate surface area is 187 Å². The normalized spacial score (nSPS) is 8.04. The molecule has 0 spiro atoms. The van der Waals surface area contributed by atoms with Crippen molar-refractivity contribution in [2.24, 2.45) is 0 Å². The van der Waals surface area contributed by atoms with Gasteiger partial charge in [0.15, 0.2) is 0 Å². The summed E-state index contributed by atoms with van der Waals surface area (Å²) in [6.07, 6.45) is 4.96. The first-order chi connectivity index (χ1) is 12.3. The first-order valence-electron chi connectivity index (χ1n) is 8.64. The summed E-state index contributed by atoms with van der Waals surface area (Å²) >= 11 is 0. The Morgan fingerprint density at radius 3 is 2.00 bits per heavy atom. The fraction of sp³-hybridized carbons (Fsp3) is 0.280. The summed E-state index contributed by atoms with van der Waals surface area (Å²) in [6, 6.07) is 23.4. The van der Waals surface area contributed by atoms with Gasteiger partial charge in [-0.3, -0.25) is 17.1 Å². The van der Waals surface area contributed by atoms with Crippen LogP contribution in [0, 0.1) is 12.1 Å². The fourth-order valence-corrected chi connectivity index (χ4v) is 1.84. The van der Waals surface area contributed by atoms with Crippen molar-refractivity contribution < 1.29 is 20.1 Å². The van der Waals surface area contributed by atoms with Gasteiger partial charge < -0.3 is 11.6 Å². The third kappa shape index (κ3) is 12.3. The fourth-order valence-electron chi connectivity index (χ4n) is 1.84. The SMILES string of the molecule is C.C.CC.CC.C[C-]=CC=[N-].[Ir+3].[c-]1ccccc1-c1ccc2ccccc2n1. The molecule has 0 atom stereocenters. The Morgan fingerprint density at radius 2 is 1.50 bits per heavy atom. The van der Waals surface area contributed by atoms with E-state index in [9.17, 15) is 0 Å². The van der Waals surface area contributed by atoms with E-state index in [1.807, 2.05) is 76.2 Å². The molecule has 0 amide bonds. The molecule has 0 bridgehead atoms. The molecule has 154 valence electrons. The topological polar surface area (TPSA) is 35.2 Å². The van der Waals surface area contributed by atoms with Gasteiger partial charge in [0.2, 0.25) is 0 Å². The second-order valence-corrected chi connectivity index (χ2v) is 4.27. The summed E-state index contributed by atoms with van der Waals surface area (Å²) in [6.45, 7) is 9.72. The number of pyridine rings is 1. The van der Waals surface area contributed by atoms with Crippen LogP contribution >= 0.6 is 0 Å². The molecule has 0 unspecified atom stereocenters. The van der Waals surface area contributed by atoms with Crippen molar-refractivity contribution >= 4 is 17.1 Å². The molecule has 0 saturated carbocycles. The van der Waals surface area contributed by atoms with Crippen LogP contribution in [-0.4, -0.2) is 11.2 Å². The summed E-state index contributed by atoms with van der Waals surface area (Å²) in [5, 5.41) is 8.99. The monoisotopic (exact) mass is 556 g/mol. The van der Waals surface area contributed by atoms with Gasteiger partial charge in [0.05, 0.1) is 5.52 Å². The number of allylic oxidation sites excluding steroid dienone is 2. The van der Waals surface area contributed by atoms with Crippen LogP contribution in [0.5, 0.6) is 0 Å². The third-order valence-corrected chi connectivity index (χ3v) is 2.82. The van der Waals surface area contributed by atoms with Crippen LogP contribution in [0.4, 0.5) is 0 Å². The Kier molecular flexibility index (Phi) is 27.4. The van der Waals surface area contributed by atoms with Gasteiger partial charge in [0.25, 0.3) is 0 Å². The molecule has 0 aliphatic heterocycles. The maximum Gasteiger partial charge on any atom is 3.00 e. The number of rotatable bonds is 2. The molecular formula is C25H35IrN2. The van der Waals surface area contributed by atoms with E-state index in [1.54, 1.807) is 6.92 Å². The third-order valence-electron chi connectivity index (χ3n) is 2.82. The van der Waals surface area contributed by atoms with Gasteiger partial charge in [-0.05, 0) is 17.1 Å². The van der Waals surface area contributed by atoms with Crippen LogP contribution in [0.1, 0.15) is 49.5 Å². The van der Waals surface area contributed by atoms with E-state index in [-0.39, 0.29) is 35.0 Å². The van der Waals surface area contributed by atoms with Gasteiger partial charge in [0.1, 0.15) is 0 Å². The zero-order valence-corrected chi connectivity index (χ0v) is 18.6. The number of hydrogen-bond acceptors (Lipinski definition) is 1. The van der Waals surface area contributed by atoms with Crippen molar-refractivity contribution in [3.8, 4) is 11.3 Å². The van der Waals surface area contributed by atoms with E-state index in [0.717, 1.165) is 23.0 Å². The van der Waals surface area contributed by atoms with Gasteiger partial charge in [-0.15, -0.1) is 42.8 Å². The summed E-state index contributed by atoms with van der Waals surface area (Å²) in [5.74, 6) is 0. The molecule has 0 saturated heterocycles. The molecule has 2 aromatic carbocycles. The molecule has 0 fully saturated rings. The molecule has 0 aliphatic rings. The molecule has 3 heteroatoms. The van der Waals surface area contributed by atoms with Crippen LogP contribution in [-0.2, 0) is 20.1 Å². The standard InChI is InChI=1S/C15H10N.C4H5N.2C2H6.2CH4.Ir/c1-2-6-12(7-3-1)15-11-10-13-8-4-5-9-14(13)16-15;1-2-3-4-5;2*1-2;;;/h1-6,8-11H;3-4H,1H3;2*1-2H3;2*1H4;/q-1;-2;;;;;+3. The zero-order valence-electron chi connectivity index (χ0n) is 16.2. The van der Waals surface area contributed by atoms with Crippen LogP contribution in [0.15, 0.2) is 66.7 Å². The minimum atomic E-state index is 0. The van der Waals surface area contributed by atoms with Crippen molar-refractivity contribution in [3.63, 3.8) is 0 Å². The second kappa shape index (κ2) is 22.9. The molecule has 0 radical (unpaired) electrons. The minimum absolute atomic E-state index is 0. The molecule has 3 aromatic rings. The van der Waals surface area contributed by atoms with Crippen LogP contribution < -0.4 is 0 Å². The second-order valence-electron chi connectivity index (χ2n) is 4.27. The first-order valence-corrected chi connectivity index (χ1v) is 8.64. The Bertz CT molecular complexity index is 738. The number of nitrogens with zero attached hydrogens (tertiary/aromatic N) is 2.